The third kappa shape index (κ3) is 2.26. The molecule has 31 heavy (non-hydrogen) atoms. The Hall–Kier alpha value is -1.43. The third-order valence-corrected chi connectivity index (χ3v) is 8.68. The molecule has 0 bridgehead atoms. The Bertz CT molecular complexity index is 1050. The number of hydrogen-bond donors (Lipinski definition) is 4. The van der Waals surface area contributed by atoms with Crippen LogP contribution >= 0.6 is 12.2 Å². The van der Waals surface area contributed by atoms with Crippen LogP contribution in [0.15, 0.2) is 17.1 Å². The maximum atomic E-state index is 13.8. The Morgan fingerprint density at radius 2 is 1.94 bits per heavy atom. The van der Waals surface area contributed by atoms with E-state index in [0.717, 1.165) is 0 Å². The van der Waals surface area contributed by atoms with Crippen LogP contribution in [0.1, 0.15) is 40.5 Å². The highest BCUT2D eigenvalue weighted by atomic mass is 32.1. The molecule has 0 aromatic carbocycles. The van der Waals surface area contributed by atoms with Crippen molar-refractivity contribution >= 4 is 18.0 Å². The predicted molar refractivity (Wildman–Crippen MR) is 112 cm³/mol. The van der Waals surface area contributed by atoms with Crippen molar-refractivity contribution in [1.29, 1.82) is 0 Å². The monoisotopic (exact) mass is 454 g/mol. The van der Waals surface area contributed by atoms with Crippen molar-refractivity contribution in [3.05, 3.63) is 27.4 Å². The van der Waals surface area contributed by atoms with E-state index < -0.39 is 46.2 Å². The van der Waals surface area contributed by atoms with Gasteiger partial charge in [-0.1, -0.05) is 20.8 Å². The Morgan fingerprint density at radius 1 is 1.29 bits per heavy atom. The number of aliphatic hydroxyl groups excluding tert-OH is 1. The number of H-pyrrole nitrogens is 1. The van der Waals surface area contributed by atoms with Crippen molar-refractivity contribution in [2.45, 2.75) is 63.8 Å². The summed E-state index contributed by atoms with van der Waals surface area (Å²) in [5, 5.41) is 34.5. The number of carbonyl (C=O) groups excluding carboxylic acids is 1. The molecule has 3 aliphatic rings. The van der Waals surface area contributed by atoms with E-state index in [-0.39, 0.29) is 22.4 Å². The molecule has 7 atom stereocenters. The summed E-state index contributed by atoms with van der Waals surface area (Å²) >= 11 is 5.34. The van der Waals surface area contributed by atoms with Gasteiger partial charge >= 0.3 is 0 Å². The second-order valence-corrected chi connectivity index (χ2v) is 10.2. The van der Waals surface area contributed by atoms with E-state index in [1.807, 2.05) is 20.8 Å². The number of ketones is 1. The molecule has 1 aromatic rings. The van der Waals surface area contributed by atoms with Gasteiger partial charge in [0, 0.05) is 25.3 Å². The molecule has 2 saturated carbocycles. The number of hydrogen-bond acceptors (Lipinski definition) is 8. The molecule has 172 valence electrons. The van der Waals surface area contributed by atoms with E-state index in [9.17, 15) is 24.9 Å². The first-order chi connectivity index (χ1) is 14.3. The first-order valence-corrected chi connectivity index (χ1v) is 10.9. The lowest BCUT2D eigenvalue weighted by Gasteiger charge is -2.51. The molecular weight excluding hydrogens is 424 g/mol. The molecule has 3 fully saturated rings. The number of aromatic amines is 1. The van der Waals surface area contributed by atoms with E-state index in [1.54, 1.807) is 0 Å². The van der Waals surface area contributed by atoms with E-state index in [0.29, 0.717) is 12.8 Å². The van der Waals surface area contributed by atoms with Gasteiger partial charge in [0.1, 0.15) is 11.9 Å². The minimum absolute atomic E-state index is 0.0619. The van der Waals surface area contributed by atoms with E-state index in [1.165, 1.54) is 30.9 Å². The van der Waals surface area contributed by atoms with Crippen molar-refractivity contribution in [1.82, 2.24) is 9.55 Å². The molecule has 1 aliphatic heterocycles. The lowest BCUT2D eigenvalue weighted by Crippen LogP contribution is -2.72. The van der Waals surface area contributed by atoms with Gasteiger partial charge in [0.2, 0.25) is 5.79 Å². The molecule has 1 saturated heterocycles. The zero-order chi connectivity index (χ0) is 23.2. The smallest absolute Gasteiger partial charge is 0.251 e. The molecule has 0 radical (unpaired) electrons. The second-order valence-electron chi connectivity index (χ2n) is 9.79. The fourth-order valence-electron chi connectivity index (χ4n) is 6.85. The highest BCUT2D eigenvalue weighted by Crippen LogP contribution is 2.82. The van der Waals surface area contributed by atoms with E-state index in [4.69, 9.17) is 21.7 Å². The van der Waals surface area contributed by atoms with Crippen LogP contribution in [0.2, 0.25) is 0 Å². The molecule has 4 rings (SSSR count). The van der Waals surface area contributed by atoms with Crippen LogP contribution in [0, 0.1) is 27.4 Å². The average molecular weight is 455 g/mol. The summed E-state index contributed by atoms with van der Waals surface area (Å²) in [7, 11) is 1.20. The fourth-order valence-corrected chi connectivity index (χ4v) is 7.19. The van der Waals surface area contributed by atoms with Crippen LogP contribution in [-0.4, -0.2) is 61.9 Å². The fraction of sp³-hybridized carbons (Fsp3) is 0.762. The maximum Gasteiger partial charge on any atom is 0.251 e. The van der Waals surface area contributed by atoms with Gasteiger partial charge in [-0.05, 0) is 43.3 Å². The Balaban J connectivity index is 2.09. The number of nitrogens with zero attached hydrogens (tertiary/aromatic N) is 1. The zero-order valence-electron chi connectivity index (χ0n) is 18.3. The van der Waals surface area contributed by atoms with Gasteiger partial charge in [0.25, 0.3) is 5.56 Å². The van der Waals surface area contributed by atoms with Gasteiger partial charge in [0.15, 0.2) is 16.1 Å². The minimum Gasteiger partial charge on any atom is -0.393 e. The van der Waals surface area contributed by atoms with Crippen molar-refractivity contribution in [2.75, 3.05) is 13.7 Å². The summed E-state index contributed by atoms with van der Waals surface area (Å²) in [5.74, 6) is -3.20. The molecule has 2 heterocycles. The summed E-state index contributed by atoms with van der Waals surface area (Å²) in [6.45, 7) is 6.41. The Kier molecular flexibility index (Phi) is 4.81. The van der Waals surface area contributed by atoms with Gasteiger partial charge in [-0.2, -0.15) is 0 Å². The normalized spacial score (nSPS) is 46.1. The largest absolute Gasteiger partial charge is 0.393 e. The van der Waals surface area contributed by atoms with Gasteiger partial charge in [-0.25, -0.2) is 0 Å². The standard InChI is InChI=1S/C21H30N2O7S/c1-11-6-7-12-17(2,3)19(12,15(11)26)21(28)18(4,23-9-8-14(25)22-16(23)31)30-13(10-24)20(21,27)29-5/h8-9,11-13,24,27-28H,6-7,10H2,1-5H3,(H,22,25,31)/t11?,12?,13-,18-,19?,20+,21-/m1/s1. The number of fused-ring (bicyclic) bond motifs is 1. The molecule has 4 N–H and O–H groups in total. The summed E-state index contributed by atoms with van der Waals surface area (Å²) in [4.78, 5) is 28.1. The molecule has 2 aliphatic carbocycles. The van der Waals surface area contributed by atoms with Gasteiger partial charge in [0.05, 0.1) is 12.0 Å². The topological polar surface area (TPSA) is 134 Å². The summed E-state index contributed by atoms with van der Waals surface area (Å²) in [6, 6.07) is 1.21. The number of nitrogens with one attached hydrogen (secondary N) is 1. The van der Waals surface area contributed by atoms with Gasteiger partial charge in [-0.3, -0.25) is 19.1 Å². The van der Waals surface area contributed by atoms with Crippen LogP contribution in [0.5, 0.6) is 0 Å². The van der Waals surface area contributed by atoms with Crippen molar-refractivity contribution in [3.8, 4) is 0 Å². The third-order valence-electron chi connectivity index (χ3n) is 8.38. The first kappa shape index (κ1) is 22.8. The second kappa shape index (κ2) is 6.55. The molecule has 9 nitrogen and oxygen atoms in total. The molecule has 1 aromatic heterocycles. The van der Waals surface area contributed by atoms with Crippen LogP contribution < -0.4 is 5.56 Å². The summed E-state index contributed by atoms with van der Waals surface area (Å²) in [5.41, 5.74) is -6.74. The van der Waals surface area contributed by atoms with Crippen LogP contribution in [0.3, 0.4) is 0 Å². The molecule has 10 heteroatoms. The maximum absolute atomic E-state index is 13.8. The number of ether oxygens (including phenoxy) is 2. The summed E-state index contributed by atoms with van der Waals surface area (Å²) in [6.07, 6.45) is 1.33. The van der Waals surface area contributed by atoms with E-state index in [2.05, 4.69) is 4.98 Å². The number of aromatic nitrogens is 2. The predicted octanol–water partition coefficient (Wildman–Crippen LogP) is 0.677. The van der Waals surface area contributed by atoms with E-state index >= 15 is 0 Å². The molecule has 0 spiro atoms. The highest BCUT2D eigenvalue weighted by molar-refractivity contribution is 7.71. The SMILES string of the molecule is CO[C@@]1(O)[C@@H](CO)O[C@@](C)(n2ccc(=O)[nH]c2=S)[C@@]1(O)C12C(=O)C(C)CCC1C2(C)C. The first-order valence-electron chi connectivity index (χ1n) is 10.5. The van der Waals surface area contributed by atoms with Crippen molar-refractivity contribution < 1.29 is 29.6 Å². The quantitative estimate of drug-likeness (QED) is 0.385. The van der Waals surface area contributed by atoms with Crippen LogP contribution in [-0.2, 0) is 20.0 Å². The van der Waals surface area contributed by atoms with Gasteiger partial charge < -0.3 is 24.8 Å². The van der Waals surface area contributed by atoms with Crippen LogP contribution in [0.25, 0.3) is 0 Å². The molecule has 3 unspecified atom stereocenters. The number of carbonyl (C=O) groups is 1. The van der Waals surface area contributed by atoms with Gasteiger partial charge in [-0.15, -0.1) is 0 Å². The molecular formula is C21H30N2O7S. The average Bonchev–Trinajstić information content (AvgIpc) is 3.17. The minimum atomic E-state index is -2.43. The van der Waals surface area contributed by atoms with Crippen molar-refractivity contribution in [2.24, 2.45) is 22.7 Å². The Labute approximate surface area is 185 Å². The van der Waals surface area contributed by atoms with Crippen LogP contribution in [0.4, 0.5) is 0 Å². The Morgan fingerprint density at radius 3 is 2.48 bits per heavy atom. The highest BCUT2D eigenvalue weighted by Gasteiger charge is 2.94. The zero-order valence-corrected chi connectivity index (χ0v) is 19.2. The lowest BCUT2D eigenvalue weighted by atomic mass is 9.61. The number of rotatable bonds is 4. The number of methoxy groups -OCH3 is 1. The number of aliphatic hydroxyl groups is 3. The number of Topliss-reactive ketones (excluding diaryl/α,β-unsaturated/α-hetero) is 1. The van der Waals surface area contributed by atoms with Crippen molar-refractivity contribution in [3.63, 3.8) is 0 Å². The summed E-state index contributed by atoms with van der Waals surface area (Å²) < 4.78 is 12.8. The lowest BCUT2D eigenvalue weighted by molar-refractivity contribution is -0.322. The molecule has 0 amide bonds.